The zero-order valence-corrected chi connectivity index (χ0v) is 13.0. The maximum absolute atomic E-state index is 12.2. The molecule has 2 aliphatic rings. The molecule has 0 aromatic carbocycles. The van der Waals surface area contributed by atoms with E-state index in [0.717, 1.165) is 51.5 Å². The van der Waals surface area contributed by atoms with Crippen molar-refractivity contribution in [1.29, 1.82) is 0 Å². The molecule has 3 heterocycles. The van der Waals surface area contributed by atoms with Crippen molar-refractivity contribution >= 4 is 5.91 Å². The minimum absolute atomic E-state index is 0.237. The first-order chi connectivity index (χ1) is 10.8. The summed E-state index contributed by atoms with van der Waals surface area (Å²) in [5, 5.41) is 0. The van der Waals surface area contributed by atoms with Gasteiger partial charge in [-0.15, -0.1) is 0 Å². The fourth-order valence-corrected chi connectivity index (χ4v) is 2.93. The Balaban J connectivity index is 1.40. The quantitative estimate of drug-likeness (QED) is 0.787. The normalized spacial score (nSPS) is 21.0. The molecule has 1 aromatic rings. The van der Waals surface area contributed by atoms with Crippen molar-refractivity contribution in [1.82, 2.24) is 19.7 Å². The molecule has 3 rings (SSSR count). The van der Waals surface area contributed by atoms with Gasteiger partial charge < -0.3 is 9.64 Å². The average molecular weight is 304 g/mol. The van der Waals surface area contributed by atoms with Gasteiger partial charge in [0, 0.05) is 52.0 Å². The van der Waals surface area contributed by atoms with Crippen LogP contribution in [0.25, 0.3) is 0 Å². The first kappa shape index (κ1) is 15.4. The van der Waals surface area contributed by atoms with Crippen molar-refractivity contribution in [2.75, 3.05) is 59.0 Å². The Kier molecular flexibility index (Phi) is 5.37. The number of amides is 1. The van der Waals surface area contributed by atoms with Gasteiger partial charge in [-0.25, -0.2) is 0 Å². The standard InChI is InChI=1S/C16H24N4O2/c21-16(20-9-11-22-12-10-20)14-19-7-5-18(6-8-19)13-15-3-1-2-4-17-15/h1-4H,5-14H2. The molecular weight excluding hydrogens is 280 g/mol. The fourth-order valence-electron chi connectivity index (χ4n) is 2.93. The SMILES string of the molecule is O=C(CN1CCN(Cc2ccccn2)CC1)N1CCOCC1. The highest BCUT2D eigenvalue weighted by Crippen LogP contribution is 2.07. The summed E-state index contributed by atoms with van der Waals surface area (Å²) in [7, 11) is 0. The number of hydrogen-bond acceptors (Lipinski definition) is 5. The molecule has 0 bridgehead atoms. The molecule has 6 heteroatoms. The van der Waals surface area contributed by atoms with Crippen molar-refractivity contribution in [3.05, 3.63) is 30.1 Å². The largest absolute Gasteiger partial charge is 0.378 e. The molecule has 6 nitrogen and oxygen atoms in total. The van der Waals surface area contributed by atoms with Crippen LogP contribution in [0.3, 0.4) is 0 Å². The summed E-state index contributed by atoms with van der Waals surface area (Å²) in [5.74, 6) is 0.237. The maximum atomic E-state index is 12.2. The topological polar surface area (TPSA) is 48.9 Å². The minimum atomic E-state index is 0.237. The van der Waals surface area contributed by atoms with E-state index in [4.69, 9.17) is 4.74 Å². The van der Waals surface area contributed by atoms with Crippen LogP contribution < -0.4 is 0 Å². The first-order valence-electron chi connectivity index (χ1n) is 8.01. The summed E-state index contributed by atoms with van der Waals surface area (Å²) in [4.78, 5) is 23.2. The van der Waals surface area contributed by atoms with Gasteiger partial charge in [-0.2, -0.15) is 0 Å². The van der Waals surface area contributed by atoms with E-state index < -0.39 is 0 Å². The summed E-state index contributed by atoms with van der Waals surface area (Å²) in [6, 6.07) is 6.03. The number of pyridine rings is 1. The average Bonchev–Trinajstić information content (AvgIpc) is 2.58. The molecule has 1 aromatic heterocycles. The maximum Gasteiger partial charge on any atom is 0.236 e. The lowest BCUT2D eigenvalue weighted by molar-refractivity contribution is -0.136. The van der Waals surface area contributed by atoms with Crippen molar-refractivity contribution in [2.24, 2.45) is 0 Å². The van der Waals surface area contributed by atoms with E-state index in [1.165, 1.54) is 0 Å². The van der Waals surface area contributed by atoms with Crippen LogP contribution in [0.1, 0.15) is 5.69 Å². The molecule has 120 valence electrons. The molecular formula is C16H24N4O2. The molecule has 0 atom stereocenters. The molecule has 0 unspecified atom stereocenters. The number of carbonyl (C=O) groups is 1. The number of aromatic nitrogens is 1. The Hall–Kier alpha value is -1.50. The molecule has 22 heavy (non-hydrogen) atoms. The highest BCUT2D eigenvalue weighted by atomic mass is 16.5. The van der Waals surface area contributed by atoms with Crippen LogP contribution in [0.5, 0.6) is 0 Å². The van der Waals surface area contributed by atoms with Crippen molar-refractivity contribution in [3.63, 3.8) is 0 Å². The summed E-state index contributed by atoms with van der Waals surface area (Å²) >= 11 is 0. The van der Waals surface area contributed by atoms with E-state index in [1.807, 2.05) is 23.2 Å². The van der Waals surface area contributed by atoms with Gasteiger partial charge in [0.2, 0.25) is 5.91 Å². The fraction of sp³-hybridized carbons (Fsp3) is 0.625. The van der Waals surface area contributed by atoms with Crippen LogP contribution >= 0.6 is 0 Å². The zero-order valence-electron chi connectivity index (χ0n) is 13.0. The minimum Gasteiger partial charge on any atom is -0.378 e. The van der Waals surface area contributed by atoms with Crippen LogP contribution in [0, 0.1) is 0 Å². The molecule has 2 fully saturated rings. The Labute approximate surface area is 131 Å². The number of rotatable bonds is 4. The number of piperazine rings is 1. The van der Waals surface area contributed by atoms with E-state index in [0.29, 0.717) is 19.8 Å². The molecule has 0 spiro atoms. The Morgan fingerprint density at radius 2 is 1.77 bits per heavy atom. The second kappa shape index (κ2) is 7.67. The highest BCUT2D eigenvalue weighted by molar-refractivity contribution is 5.78. The summed E-state index contributed by atoms with van der Waals surface area (Å²) in [6.45, 7) is 8.12. The Bertz CT molecular complexity index is 468. The van der Waals surface area contributed by atoms with Crippen LogP contribution in [-0.4, -0.2) is 84.6 Å². The van der Waals surface area contributed by atoms with E-state index in [-0.39, 0.29) is 5.91 Å². The zero-order chi connectivity index (χ0) is 15.2. The molecule has 0 radical (unpaired) electrons. The molecule has 1 amide bonds. The Morgan fingerprint density at radius 3 is 2.45 bits per heavy atom. The number of morpholine rings is 1. The van der Waals surface area contributed by atoms with Crippen LogP contribution in [0.2, 0.25) is 0 Å². The lowest BCUT2D eigenvalue weighted by Gasteiger charge is -2.35. The van der Waals surface area contributed by atoms with E-state index >= 15 is 0 Å². The molecule has 2 saturated heterocycles. The Morgan fingerprint density at radius 1 is 1.05 bits per heavy atom. The summed E-state index contributed by atoms with van der Waals surface area (Å²) in [6.07, 6.45) is 1.84. The second-order valence-electron chi connectivity index (χ2n) is 5.87. The monoisotopic (exact) mass is 304 g/mol. The second-order valence-corrected chi connectivity index (χ2v) is 5.87. The van der Waals surface area contributed by atoms with E-state index in [2.05, 4.69) is 20.9 Å². The summed E-state index contributed by atoms with van der Waals surface area (Å²) in [5.41, 5.74) is 1.11. The van der Waals surface area contributed by atoms with Crippen LogP contribution in [0.15, 0.2) is 24.4 Å². The molecule has 0 saturated carbocycles. The van der Waals surface area contributed by atoms with E-state index in [9.17, 15) is 4.79 Å². The summed E-state index contributed by atoms with van der Waals surface area (Å²) < 4.78 is 5.29. The predicted molar refractivity (Wildman–Crippen MR) is 83.4 cm³/mol. The van der Waals surface area contributed by atoms with Crippen molar-refractivity contribution < 1.29 is 9.53 Å². The van der Waals surface area contributed by atoms with Crippen LogP contribution in [-0.2, 0) is 16.1 Å². The predicted octanol–water partition coefficient (Wildman–Crippen LogP) is 0.0580. The first-order valence-corrected chi connectivity index (χ1v) is 8.01. The van der Waals surface area contributed by atoms with Crippen molar-refractivity contribution in [3.8, 4) is 0 Å². The van der Waals surface area contributed by atoms with Gasteiger partial charge in [-0.1, -0.05) is 6.07 Å². The van der Waals surface area contributed by atoms with Gasteiger partial charge in [0.05, 0.1) is 25.5 Å². The van der Waals surface area contributed by atoms with Crippen LogP contribution in [0.4, 0.5) is 0 Å². The third-order valence-corrected chi connectivity index (χ3v) is 4.30. The third kappa shape index (κ3) is 4.25. The molecule has 2 aliphatic heterocycles. The number of carbonyl (C=O) groups excluding carboxylic acids is 1. The lowest BCUT2D eigenvalue weighted by atomic mass is 10.2. The number of nitrogens with zero attached hydrogens (tertiary/aromatic N) is 4. The van der Waals surface area contributed by atoms with Gasteiger partial charge in [0.1, 0.15) is 0 Å². The smallest absolute Gasteiger partial charge is 0.236 e. The molecule has 0 N–H and O–H groups in total. The third-order valence-electron chi connectivity index (χ3n) is 4.30. The van der Waals surface area contributed by atoms with Gasteiger partial charge in [0.25, 0.3) is 0 Å². The molecule has 0 aliphatic carbocycles. The number of ether oxygens (including phenoxy) is 1. The van der Waals surface area contributed by atoms with Gasteiger partial charge in [0.15, 0.2) is 0 Å². The number of hydrogen-bond donors (Lipinski definition) is 0. The van der Waals surface area contributed by atoms with Gasteiger partial charge >= 0.3 is 0 Å². The van der Waals surface area contributed by atoms with Crippen molar-refractivity contribution in [2.45, 2.75) is 6.54 Å². The lowest BCUT2D eigenvalue weighted by Crippen LogP contribution is -2.51. The highest BCUT2D eigenvalue weighted by Gasteiger charge is 2.22. The van der Waals surface area contributed by atoms with E-state index in [1.54, 1.807) is 0 Å². The van der Waals surface area contributed by atoms with Gasteiger partial charge in [-0.05, 0) is 12.1 Å². The van der Waals surface area contributed by atoms with Gasteiger partial charge in [-0.3, -0.25) is 19.6 Å².